The molecule has 0 saturated heterocycles. The minimum Gasteiger partial charge on any atom is -0.445 e. The van der Waals surface area contributed by atoms with Crippen LogP contribution < -0.4 is 16.4 Å². The zero-order valence-electron chi connectivity index (χ0n) is 12.9. The van der Waals surface area contributed by atoms with E-state index < -0.39 is 23.9 Å². The molecule has 4 N–H and O–H groups in total. The normalized spacial score (nSPS) is 11.3. The minimum absolute atomic E-state index is 0.116. The van der Waals surface area contributed by atoms with Crippen LogP contribution in [0.1, 0.15) is 12.0 Å². The zero-order valence-corrected chi connectivity index (χ0v) is 13.7. The van der Waals surface area contributed by atoms with Crippen LogP contribution in [0.5, 0.6) is 0 Å². The molecule has 0 fully saturated rings. The van der Waals surface area contributed by atoms with Crippen molar-refractivity contribution in [2.45, 2.75) is 19.1 Å². The number of nitrogens with one attached hydrogen (secondary N) is 2. The topological polar surface area (TPSA) is 111 Å². The van der Waals surface area contributed by atoms with Gasteiger partial charge in [-0.1, -0.05) is 30.3 Å². The first-order chi connectivity index (χ1) is 11.0. The third kappa shape index (κ3) is 8.10. The van der Waals surface area contributed by atoms with Crippen LogP contribution >= 0.6 is 11.8 Å². The molecular formula is C15H21N3O4S. The second-order valence-electron chi connectivity index (χ2n) is 4.72. The number of hydrogen-bond donors (Lipinski definition) is 3. The molecule has 0 radical (unpaired) electrons. The number of rotatable bonds is 9. The van der Waals surface area contributed by atoms with Gasteiger partial charge < -0.3 is 21.1 Å². The molecule has 0 aliphatic heterocycles. The summed E-state index contributed by atoms with van der Waals surface area (Å²) < 4.78 is 5.09. The highest BCUT2D eigenvalue weighted by molar-refractivity contribution is 7.98. The molecule has 1 rings (SSSR count). The zero-order chi connectivity index (χ0) is 17.1. The first kappa shape index (κ1) is 18.8. The number of amides is 3. The van der Waals surface area contributed by atoms with E-state index in [1.807, 2.05) is 36.6 Å². The molecule has 0 aromatic heterocycles. The van der Waals surface area contributed by atoms with Gasteiger partial charge in [-0.15, -0.1) is 0 Å². The van der Waals surface area contributed by atoms with Crippen molar-refractivity contribution in [3.05, 3.63) is 35.9 Å². The van der Waals surface area contributed by atoms with Gasteiger partial charge >= 0.3 is 6.09 Å². The molecule has 1 aromatic carbocycles. The number of carbonyl (C=O) groups excluding carboxylic acids is 3. The average molecular weight is 339 g/mol. The van der Waals surface area contributed by atoms with E-state index in [4.69, 9.17) is 10.5 Å². The van der Waals surface area contributed by atoms with Gasteiger partial charge in [0.25, 0.3) is 0 Å². The standard InChI is InChI=1S/C15H21N3O4S/c1-23-8-7-12(14(20)17-9-13(16)19)18-15(21)22-10-11-5-3-2-4-6-11/h2-6,12H,7-10H2,1H3,(H2,16,19)(H,17,20)(H,18,21)/t12-/m0/s1. The van der Waals surface area contributed by atoms with Gasteiger partial charge in [0.1, 0.15) is 12.6 Å². The smallest absolute Gasteiger partial charge is 0.408 e. The van der Waals surface area contributed by atoms with Gasteiger partial charge in [0, 0.05) is 0 Å². The van der Waals surface area contributed by atoms with E-state index in [0.717, 1.165) is 5.56 Å². The Labute approximate surface area is 139 Å². The van der Waals surface area contributed by atoms with E-state index in [1.165, 1.54) is 0 Å². The van der Waals surface area contributed by atoms with E-state index in [0.29, 0.717) is 12.2 Å². The largest absolute Gasteiger partial charge is 0.445 e. The van der Waals surface area contributed by atoms with Crippen molar-refractivity contribution < 1.29 is 19.1 Å². The van der Waals surface area contributed by atoms with E-state index >= 15 is 0 Å². The molecule has 0 heterocycles. The molecule has 126 valence electrons. The maximum atomic E-state index is 12.0. The van der Waals surface area contributed by atoms with Crippen molar-refractivity contribution >= 4 is 29.7 Å². The molecule has 7 nitrogen and oxygen atoms in total. The second kappa shape index (κ2) is 10.5. The van der Waals surface area contributed by atoms with Crippen LogP contribution in [0.3, 0.4) is 0 Å². The van der Waals surface area contributed by atoms with Crippen LogP contribution in [0.2, 0.25) is 0 Å². The van der Waals surface area contributed by atoms with Gasteiger partial charge in [0.15, 0.2) is 0 Å². The highest BCUT2D eigenvalue weighted by atomic mass is 32.2. The Morgan fingerprint density at radius 2 is 1.96 bits per heavy atom. The Bertz CT molecular complexity index is 525. The Hall–Kier alpha value is -2.22. The summed E-state index contributed by atoms with van der Waals surface area (Å²) in [7, 11) is 0. The number of benzene rings is 1. The predicted molar refractivity (Wildman–Crippen MR) is 88.8 cm³/mol. The molecule has 0 saturated carbocycles. The van der Waals surface area contributed by atoms with Crippen molar-refractivity contribution in [1.82, 2.24) is 10.6 Å². The fourth-order valence-electron chi connectivity index (χ4n) is 1.71. The first-order valence-electron chi connectivity index (χ1n) is 7.05. The van der Waals surface area contributed by atoms with Crippen LogP contribution in [0.15, 0.2) is 30.3 Å². The Balaban J connectivity index is 2.49. The molecule has 1 aromatic rings. The summed E-state index contributed by atoms with van der Waals surface area (Å²) in [4.78, 5) is 34.5. The number of ether oxygens (including phenoxy) is 1. The SMILES string of the molecule is CSCC[C@H](NC(=O)OCc1ccccc1)C(=O)NCC(N)=O. The van der Waals surface area contributed by atoms with Crippen LogP contribution in [0, 0.1) is 0 Å². The number of carbonyl (C=O) groups is 3. The molecule has 1 atom stereocenters. The van der Waals surface area contributed by atoms with Gasteiger partial charge in [-0.05, 0) is 24.0 Å². The van der Waals surface area contributed by atoms with Crippen LogP contribution in [0.25, 0.3) is 0 Å². The van der Waals surface area contributed by atoms with Crippen LogP contribution in [0.4, 0.5) is 4.79 Å². The monoisotopic (exact) mass is 339 g/mol. The average Bonchev–Trinajstić information content (AvgIpc) is 2.55. The Kier molecular flexibility index (Phi) is 8.59. The summed E-state index contributed by atoms with van der Waals surface area (Å²) in [6, 6.07) is 8.44. The van der Waals surface area contributed by atoms with Gasteiger partial charge in [0.2, 0.25) is 11.8 Å². The third-order valence-electron chi connectivity index (χ3n) is 2.87. The molecule has 0 bridgehead atoms. The van der Waals surface area contributed by atoms with Gasteiger partial charge in [-0.3, -0.25) is 9.59 Å². The highest BCUT2D eigenvalue weighted by Gasteiger charge is 2.21. The van der Waals surface area contributed by atoms with Gasteiger partial charge in [-0.2, -0.15) is 11.8 Å². The Morgan fingerprint density at radius 1 is 1.26 bits per heavy atom. The van der Waals surface area contributed by atoms with E-state index in [9.17, 15) is 14.4 Å². The molecule has 0 spiro atoms. The van der Waals surface area contributed by atoms with Crippen molar-refractivity contribution in [2.75, 3.05) is 18.6 Å². The lowest BCUT2D eigenvalue weighted by Crippen LogP contribution is -2.48. The Morgan fingerprint density at radius 3 is 2.57 bits per heavy atom. The second-order valence-corrected chi connectivity index (χ2v) is 5.71. The number of thioether (sulfide) groups is 1. The fourth-order valence-corrected chi connectivity index (χ4v) is 2.18. The lowest BCUT2D eigenvalue weighted by Gasteiger charge is -2.17. The van der Waals surface area contributed by atoms with Crippen LogP contribution in [-0.2, 0) is 20.9 Å². The number of nitrogens with two attached hydrogens (primary N) is 1. The van der Waals surface area contributed by atoms with E-state index in [-0.39, 0.29) is 13.2 Å². The lowest BCUT2D eigenvalue weighted by molar-refractivity contribution is -0.126. The maximum Gasteiger partial charge on any atom is 0.408 e. The summed E-state index contributed by atoms with van der Waals surface area (Å²) in [6.45, 7) is -0.153. The first-order valence-corrected chi connectivity index (χ1v) is 8.44. The summed E-state index contributed by atoms with van der Waals surface area (Å²) >= 11 is 1.55. The summed E-state index contributed by atoms with van der Waals surface area (Å²) in [5.74, 6) is -0.434. The van der Waals surface area contributed by atoms with Crippen molar-refractivity contribution in [2.24, 2.45) is 5.73 Å². The van der Waals surface area contributed by atoms with Crippen molar-refractivity contribution in [1.29, 1.82) is 0 Å². The summed E-state index contributed by atoms with van der Waals surface area (Å²) in [5, 5.41) is 4.88. The van der Waals surface area contributed by atoms with Crippen molar-refractivity contribution in [3.8, 4) is 0 Å². The third-order valence-corrected chi connectivity index (χ3v) is 3.51. The molecule has 8 heteroatoms. The molecule has 23 heavy (non-hydrogen) atoms. The number of primary amides is 1. The molecule has 0 unspecified atom stereocenters. The predicted octanol–water partition coefficient (Wildman–Crippen LogP) is 0.636. The van der Waals surface area contributed by atoms with Gasteiger partial charge in [-0.25, -0.2) is 4.79 Å². The quantitative estimate of drug-likeness (QED) is 0.611. The molecule has 0 aliphatic carbocycles. The maximum absolute atomic E-state index is 12.0. The lowest BCUT2D eigenvalue weighted by atomic mass is 10.2. The summed E-state index contributed by atoms with van der Waals surface area (Å²) in [5.41, 5.74) is 5.83. The molecule has 0 aliphatic rings. The number of alkyl carbamates (subject to hydrolysis) is 1. The molecular weight excluding hydrogens is 318 g/mol. The fraction of sp³-hybridized carbons (Fsp3) is 0.400. The van der Waals surface area contributed by atoms with Crippen molar-refractivity contribution in [3.63, 3.8) is 0 Å². The molecule has 3 amide bonds. The minimum atomic E-state index is -0.773. The van der Waals surface area contributed by atoms with E-state index in [2.05, 4.69) is 10.6 Å². The highest BCUT2D eigenvalue weighted by Crippen LogP contribution is 2.04. The summed E-state index contributed by atoms with van der Waals surface area (Å²) in [6.07, 6.45) is 1.63. The van der Waals surface area contributed by atoms with Crippen LogP contribution in [-0.4, -0.2) is 42.5 Å². The number of hydrogen-bond acceptors (Lipinski definition) is 5. The van der Waals surface area contributed by atoms with E-state index in [1.54, 1.807) is 11.8 Å². The van der Waals surface area contributed by atoms with Gasteiger partial charge in [0.05, 0.1) is 6.54 Å².